The van der Waals surface area contributed by atoms with Crippen LogP contribution in [0.5, 0.6) is 0 Å². The van der Waals surface area contributed by atoms with Crippen LogP contribution in [0.25, 0.3) is 10.4 Å². The Morgan fingerprint density at radius 1 is 1.18 bits per heavy atom. The van der Waals surface area contributed by atoms with Gasteiger partial charge in [0.1, 0.15) is 5.82 Å². The lowest BCUT2D eigenvalue weighted by molar-refractivity contribution is 0.102. The van der Waals surface area contributed by atoms with E-state index in [4.69, 9.17) is 11.6 Å². The van der Waals surface area contributed by atoms with E-state index in [0.717, 1.165) is 16.5 Å². The molecule has 0 radical (unpaired) electrons. The second-order valence-corrected chi connectivity index (χ2v) is 5.94. The molecule has 1 heterocycles. The van der Waals surface area contributed by atoms with E-state index in [2.05, 4.69) is 10.3 Å². The number of halogens is 2. The summed E-state index contributed by atoms with van der Waals surface area (Å²) in [7, 11) is 0. The maximum atomic E-state index is 13.7. The third-order valence-corrected chi connectivity index (χ3v) is 4.15. The molecule has 22 heavy (non-hydrogen) atoms. The molecule has 0 atom stereocenters. The molecule has 0 spiro atoms. The zero-order valence-electron chi connectivity index (χ0n) is 11.2. The second kappa shape index (κ2) is 6.25. The van der Waals surface area contributed by atoms with Crippen LogP contribution in [0.15, 0.2) is 54.7 Å². The maximum Gasteiger partial charge on any atom is 0.260 e. The maximum absolute atomic E-state index is 13.7. The number of carbonyl (C=O) groups excluding carboxylic acids is 1. The van der Waals surface area contributed by atoms with Crippen LogP contribution in [0, 0.1) is 5.82 Å². The van der Waals surface area contributed by atoms with E-state index in [0.29, 0.717) is 10.2 Å². The quantitative estimate of drug-likeness (QED) is 0.744. The summed E-state index contributed by atoms with van der Waals surface area (Å²) in [5, 5.41) is 3.29. The van der Waals surface area contributed by atoms with Gasteiger partial charge in [0.05, 0.1) is 10.4 Å². The fourth-order valence-electron chi connectivity index (χ4n) is 1.90. The lowest BCUT2D eigenvalue weighted by Crippen LogP contribution is -2.13. The van der Waals surface area contributed by atoms with Crippen molar-refractivity contribution in [2.45, 2.75) is 0 Å². The summed E-state index contributed by atoms with van der Waals surface area (Å²) < 4.78 is 13.7. The summed E-state index contributed by atoms with van der Waals surface area (Å²) in [5.41, 5.74) is 0.901. The number of hydrogen-bond donors (Lipinski definition) is 1. The molecule has 3 nitrogen and oxygen atoms in total. The Hall–Kier alpha value is -2.24. The topological polar surface area (TPSA) is 42.0 Å². The third-order valence-electron chi connectivity index (χ3n) is 2.96. The Labute approximate surface area is 135 Å². The van der Waals surface area contributed by atoms with Gasteiger partial charge in [-0.25, -0.2) is 9.37 Å². The molecule has 0 unspecified atom stereocenters. The fourth-order valence-corrected chi connectivity index (χ4v) is 2.89. The molecule has 0 bridgehead atoms. The zero-order chi connectivity index (χ0) is 15.5. The molecule has 1 amide bonds. The molecule has 0 fully saturated rings. The SMILES string of the molecule is O=C(Nc1ncc(-c2ccccc2)s1)c1cc(Cl)ccc1F. The van der Waals surface area contributed by atoms with Crippen LogP contribution in [-0.2, 0) is 0 Å². The second-order valence-electron chi connectivity index (χ2n) is 4.47. The van der Waals surface area contributed by atoms with E-state index in [1.807, 2.05) is 30.3 Å². The standard InChI is InChI=1S/C16H10ClFN2OS/c17-11-6-7-13(18)12(8-11)15(21)20-16-19-9-14(22-16)10-4-2-1-3-5-10/h1-9H,(H,19,20,21). The smallest absolute Gasteiger partial charge is 0.260 e. The van der Waals surface area contributed by atoms with Gasteiger partial charge >= 0.3 is 0 Å². The molecule has 1 aromatic heterocycles. The van der Waals surface area contributed by atoms with E-state index in [1.54, 1.807) is 6.20 Å². The molecular weight excluding hydrogens is 323 g/mol. The summed E-state index contributed by atoms with van der Waals surface area (Å²) in [6.07, 6.45) is 1.67. The first-order chi connectivity index (χ1) is 10.6. The number of thiazole rings is 1. The summed E-state index contributed by atoms with van der Waals surface area (Å²) in [5.74, 6) is -1.20. The molecule has 0 saturated carbocycles. The summed E-state index contributed by atoms with van der Waals surface area (Å²) in [6.45, 7) is 0. The molecule has 0 aliphatic heterocycles. The number of nitrogens with zero attached hydrogens (tertiary/aromatic N) is 1. The van der Waals surface area contributed by atoms with Crippen molar-refractivity contribution >= 4 is 34.0 Å². The molecule has 2 aromatic carbocycles. The number of hydrogen-bond acceptors (Lipinski definition) is 3. The van der Waals surface area contributed by atoms with Crippen molar-refractivity contribution in [1.82, 2.24) is 4.98 Å². The fraction of sp³-hybridized carbons (Fsp3) is 0. The molecule has 110 valence electrons. The number of amides is 1. The molecule has 0 saturated heterocycles. The minimum Gasteiger partial charge on any atom is -0.298 e. The highest BCUT2D eigenvalue weighted by molar-refractivity contribution is 7.19. The van der Waals surface area contributed by atoms with Gasteiger partial charge in [-0.1, -0.05) is 53.3 Å². The molecule has 1 N–H and O–H groups in total. The average molecular weight is 333 g/mol. The van der Waals surface area contributed by atoms with Crippen LogP contribution < -0.4 is 5.32 Å². The van der Waals surface area contributed by atoms with Crippen molar-refractivity contribution in [2.75, 3.05) is 5.32 Å². The van der Waals surface area contributed by atoms with E-state index in [-0.39, 0.29) is 5.56 Å². The zero-order valence-corrected chi connectivity index (χ0v) is 12.8. The van der Waals surface area contributed by atoms with Crippen LogP contribution in [0.4, 0.5) is 9.52 Å². The summed E-state index contributed by atoms with van der Waals surface area (Å²) in [4.78, 5) is 17.2. The minimum atomic E-state index is -0.623. The van der Waals surface area contributed by atoms with Gasteiger partial charge in [-0.2, -0.15) is 0 Å². The Kier molecular flexibility index (Phi) is 4.18. The Morgan fingerprint density at radius 2 is 1.95 bits per heavy atom. The van der Waals surface area contributed by atoms with Gasteiger partial charge in [0, 0.05) is 11.2 Å². The molecule has 0 aliphatic rings. The van der Waals surface area contributed by atoms with Gasteiger partial charge in [0.25, 0.3) is 5.91 Å². The molecule has 0 aliphatic carbocycles. The number of anilines is 1. The minimum absolute atomic E-state index is 0.107. The van der Waals surface area contributed by atoms with Crippen molar-refractivity contribution in [1.29, 1.82) is 0 Å². The lowest BCUT2D eigenvalue weighted by Gasteiger charge is -2.03. The summed E-state index contributed by atoms with van der Waals surface area (Å²) >= 11 is 7.11. The van der Waals surface area contributed by atoms with Crippen molar-refractivity contribution in [2.24, 2.45) is 0 Å². The van der Waals surface area contributed by atoms with Crippen LogP contribution in [0.2, 0.25) is 5.02 Å². The van der Waals surface area contributed by atoms with E-state index in [1.165, 1.54) is 23.5 Å². The third kappa shape index (κ3) is 3.16. The van der Waals surface area contributed by atoms with Crippen LogP contribution in [0.3, 0.4) is 0 Å². The highest BCUT2D eigenvalue weighted by Crippen LogP contribution is 2.29. The van der Waals surface area contributed by atoms with Gasteiger partial charge in [0.2, 0.25) is 0 Å². The van der Waals surface area contributed by atoms with Crippen LogP contribution in [-0.4, -0.2) is 10.9 Å². The number of carbonyl (C=O) groups is 1. The van der Waals surface area contributed by atoms with Crippen molar-refractivity contribution < 1.29 is 9.18 Å². The Balaban J connectivity index is 1.81. The predicted molar refractivity (Wildman–Crippen MR) is 86.9 cm³/mol. The lowest BCUT2D eigenvalue weighted by atomic mass is 10.2. The summed E-state index contributed by atoms with van der Waals surface area (Å²) in [6, 6.07) is 13.5. The van der Waals surface area contributed by atoms with Gasteiger partial charge in [-0.15, -0.1) is 0 Å². The van der Waals surface area contributed by atoms with Crippen LogP contribution >= 0.6 is 22.9 Å². The van der Waals surface area contributed by atoms with Gasteiger partial charge in [-0.05, 0) is 23.8 Å². The number of benzene rings is 2. The molecular formula is C16H10ClFN2OS. The van der Waals surface area contributed by atoms with Crippen molar-refractivity contribution in [3.05, 3.63) is 71.1 Å². The predicted octanol–water partition coefficient (Wildman–Crippen LogP) is 4.85. The largest absolute Gasteiger partial charge is 0.298 e. The molecule has 3 rings (SSSR count). The number of rotatable bonds is 3. The monoisotopic (exact) mass is 332 g/mol. The number of aromatic nitrogens is 1. The first-order valence-electron chi connectivity index (χ1n) is 6.41. The number of nitrogens with one attached hydrogen (secondary N) is 1. The average Bonchev–Trinajstić information content (AvgIpc) is 2.99. The Morgan fingerprint density at radius 3 is 2.73 bits per heavy atom. The van der Waals surface area contributed by atoms with Gasteiger partial charge in [-0.3, -0.25) is 10.1 Å². The van der Waals surface area contributed by atoms with E-state index < -0.39 is 11.7 Å². The van der Waals surface area contributed by atoms with Gasteiger partial charge in [0.15, 0.2) is 5.13 Å². The normalized spacial score (nSPS) is 10.5. The van der Waals surface area contributed by atoms with E-state index >= 15 is 0 Å². The van der Waals surface area contributed by atoms with E-state index in [9.17, 15) is 9.18 Å². The first-order valence-corrected chi connectivity index (χ1v) is 7.60. The molecule has 6 heteroatoms. The molecule has 3 aromatic rings. The Bertz CT molecular complexity index is 820. The van der Waals surface area contributed by atoms with Crippen LogP contribution in [0.1, 0.15) is 10.4 Å². The highest BCUT2D eigenvalue weighted by Gasteiger charge is 2.14. The van der Waals surface area contributed by atoms with Crippen molar-refractivity contribution in [3.8, 4) is 10.4 Å². The van der Waals surface area contributed by atoms with Gasteiger partial charge < -0.3 is 0 Å². The first kappa shape index (κ1) is 14.7. The highest BCUT2D eigenvalue weighted by atomic mass is 35.5. The van der Waals surface area contributed by atoms with Crippen molar-refractivity contribution in [3.63, 3.8) is 0 Å².